The van der Waals surface area contributed by atoms with Crippen molar-refractivity contribution in [2.75, 3.05) is 43.1 Å². The Balaban J connectivity index is 2.00. The minimum atomic E-state index is -2.89. The third-order valence-corrected chi connectivity index (χ3v) is 4.53. The molecule has 0 radical (unpaired) electrons. The lowest BCUT2D eigenvalue weighted by Crippen LogP contribution is -2.26. The average Bonchev–Trinajstić information content (AvgIpc) is 2.77. The van der Waals surface area contributed by atoms with Crippen molar-refractivity contribution in [3.05, 3.63) is 23.8 Å². The number of likely N-dealkylation sites (tertiary alicyclic amines) is 1. The zero-order valence-electron chi connectivity index (χ0n) is 11.2. The Hall–Kier alpha value is -1.27. The molecule has 0 spiro atoms. The highest BCUT2D eigenvalue weighted by Gasteiger charge is 2.25. The summed E-state index contributed by atoms with van der Waals surface area (Å²) in [5.41, 5.74) is 14.4. The molecule has 19 heavy (non-hydrogen) atoms. The summed E-state index contributed by atoms with van der Waals surface area (Å²) in [6.45, 7) is 2.36. The molecular formula is C13H21N3O2S. The van der Waals surface area contributed by atoms with Gasteiger partial charge in [-0.05, 0) is 42.6 Å². The molecule has 1 unspecified atom stereocenters. The highest BCUT2D eigenvalue weighted by molar-refractivity contribution is 7.90. The van der Waals surface area contributed by atoms with Crippen LogP contribution in [0.3, 0.4) is 0 Å². The van der Waals surface area contributed by atoms with Crippen LogP contribution in [-0.4, -0.2) is 45.0 Å². The normalized spacial score (nSPS) is 20.8. The van der Waals surface area contributed by atoms with Crippen molar-refractivity contribution in [2.24, 2.45) is 0 Å². The van der Waals surface area contributed by atoms with Crippen LogP contribution >= 0.6 is 0 Å². The first kappa shape index (κ1) is 14.1. The number of anilines is 2. The first-order chi connectivity index (χ1) is 8.85. The fourth-order valence-electron chi connectivity index (χ4n) is 2.53. The van der Waals surface area contributed by atoms with Gasteiger partial charge in [-0.15, -0.1) is 0 Å². The van der Waals surface area contributed by atoms with Gasteiger partial charge >= 0.3 is 0 Å². The summed E-state index contributed by atoms with van der Waals surface area (Å²) < 4.78 is 22.4. The van der Waals surface area contributed by atoms with Crippen molar-refractivity contribution >= 4 is 21.2 Å². The second-order valence-corrected chi connectivity index (χ2v) is 7.56. The topological polar surface area (TPSA) is 89.4 Å². The van der Waals surface area contributed by atoms with E-state index in [0.717, 1.165) is 36.4 Å². The van der Waals surface area contributed by atoms with Crippen molar-refractivity contribution in [2.45, 2.75) is 12.3 Å². The molecule has 106 valence electrons. The standard InChI is InChI=1S/C13H21N3O2S/c1-19(17,18)7-6-16-5-4-10(9-16)12-8-11(14)2-3-13(12)15/h2-3,8,10H,4-7,9,14-15H2,1H3. The van der Waals surface area contributed by atoms with E-state index in [2.05, 4.69) is 4.90 Å². The summed E-state index contributed by atoms with van der Waals surface area (Å²) in [5.74, 6) is 0.564. The Kier molecular flexibility index (Phi) is 4.01. The summed E-state index contributed by atoms with van der Waals surface area (Å²) in [6.07, 6.45) is 2.27. The van der Waals surface area contributed by atoms with E-state index in [-0.39, 0.29) is 5.75 Å². The molecule has 0 saturated carbocycles. The van der Waals surface area contributed by atoms with Gasteiger partial charge in [0.1, 0.15) is 9.84 Å². The molecule has 1 fully saturated rings. The van der Waals surface area contributed by atoms with E-state index in [1.54, 1.807) is 6.07 Å². The van der Waals surface area contributed by atoms with Crippen molar-refractivity contribution in [3.8, 4) is 0 Å². The molecule has 0 aliphatic carbocycles. The Morgan fingerprint density at radius 1 is 1.37 bits per heavy atom. The number of hydrogen-bond acceptors (Lipinski definition) is 5. The van der Waals surface area contributed by atoms with Crippen molar-refractivity contribution < 1.29 is 8.42 Å². The molecular weight excluding hydrogens is 262 g/mol. The van der Waals surface area contributed by atoms with E-state index in [0.29, 0.717) is 12.5 Å². The minimum Gasteiger partial charge on any atom is -0.399 e. The van der Waals surface area contributed by atoms with Crippen LogP contribution in [0, 0.1) is 0 Å². The van der Waals surface area contributed by atoms with Gasteiger partial charge in [0.05, 0.1) is 5.75 Å². The average molecular weight is 283 g/mol. The molecule has 1 aliphatic heterocycles. The number of hydrogen-bond donors (Lipinski definition) is 2. The molecule has 6 heteroatoms. The molecule has 1 aromatic rings. The molecule has 1 heterocycles. The third kappa shape index (κ3) is 3.84. The quantitative estimate of drug-likeness (QED) is 0.793. The van der Waals surface area contributed by atoms with E-state index in [4.69, 9.17) is 11.5 Å². The van der Waals surface area contributed by atoms with Crippen molar-refractivity contribution in [1.29, 1.82) is 0 Å². The summed E-state index contributed by atoms with van der Waals surface area (Å²) in [7, 11) is -2.89. The predicted molar refractivity (Wildman–Crippen MR) is 78.8 cm³/mol. The van der Waals surface area contributed by atoms with Gasteiger partial charge in [-0.1, -0.05) is 0 Å². The Bertz CT molecular complexity index is 557. The van der Waals surface area contributed by atoms with E-state index < -0.39 is 9.84 Å². The Morgan fingerprint density at radius 2 is 2.11 bits per heavy atom. The maximum Gasteiger partial charge on any atom is 0.148 e. The minimum absolute atomic E-state index is 0.214. The molecule has 1 aromatic carbocycles. The van der Waals surface area contributed by atoms with Gasteiger partial charge in [0.25, 0.3) is 0 Å². The lowest BCUT2D eigenvalue weighted by atomic mass is 9.96. The Morgan fingerprint density at radius 3 is 2.79 bits per heavy atom. The second-order valence-electron chi connectivity index (χ2n) is 5.30. The fourth-order valence-corrected chi connectivity index (χ4v) is 3.12. The van der Waals surface area contributed by atoms with Crippen LogP contribution in [0.1, 0.15) is 17.9 Å². The number of rotatable bonds is 4. The predicted octanol–water partition coefficient (Wildman–Crippen LogP) is 0.685. The molecule has 1 aliphatic rings. The number of nitrogens with two attached hydrogens (primary N) is 2. The lowest BCUT2D eigenvalue weighted by Gasteiger charge is -2.16. The smallest absolute Gasteiger partial charge is 0.148 e. The first-order valence-electron chi connectivity index (χ1n) is 6.40. The fraction of sp³-hybridized carbons (Fsp3) is 0.538. The second kappa shape index (κ2) is 5.38. The summed E-state index contributed by atoms with van der Waals surface area (Å²) in [5, 5.41) is 0. The molecule has 5 nitrogen and oxygen atoms in total. The molecule has 4 N–H and O–H groups in total. The van der Waals surface area contributed by atoms with Crippen LogP contribution in [0.2, 0.25) is 0 Å². The van der Waals surface area contributed by atoms with Crippen molar-refractivity contribution in [1.82, 2.24) is 4.90 Å². The van der Waals surface area contributed by atoms with Gasteiger partial charge in [-0.2, -0.15) is 0 Å². The highest BCUT2D eigenvalue weighted by atomic mass is 32.2. The Labute approximate surface area is 114 Å². The zero-order chi connectivity index (χ0) is 14.0. The van der Waals surface area contributed by atoms with Crippen LogP contribution in [0.5, 0.6) is 0 Å². The van der Waals surface area contributed by atoms with Gasteiger partial charge < -0.3 is 16.4 Å². The monoisotopic (exact) mass is 283 g/mol. The summed E-state index contributed by atoms with van der Waals surface area (Å²) >= 11 is 0. The van der Waals surface area contributed by atoms with Gasteiger partial charge in [-0.25, -0.2) is 8.42 Å². The van der Waals surface area contributed by atoms with E-state index in [1.165, 1.54) is 6.26 Å². The van der Waals surface area contributed by atoms with Gasteiger partial charge in [-0.3, -0.25) is 0 Å². The highest BCUT2D eigenvalue weighted by Crippen LogP contribution is 2.32. The SMILES string of the molecule is CS(=O)(=O)CCN1CCC(c2cc(N)ccc2N)C1. The zero-order valence-corrected chi connectivity index (χ0v) is 12.0. The van der Waals surface area contributed by atoms with Crippen LogP contribution in [0.25, 0.3) is 0 Å². The molecule has 2 rings (SSSR count). The summed E-state index contributed by atoms with van der Waals surface area (Å²) in [6, 6.07) is 5.57. The van der Waals surface area contributed by atoms with Crippen LogP contribution < -0.4 is 11.5 Å². The molecule has 0 bridgehead atoms. The first-order valence-corrected chi connectivity index (χ1v) is 8.46. The number of nitrogen functional groups attached to an aromatic ring is 2. The van der Waals surface area contributed by atoms with Crippen LogP contribution in [0.15, 0.2) is 18.2 Å². The van der Waals surface area contributed by atoms with E-state index in [1.807, 2.05) is 12.1 Å². The number of nitrogens with zero attached hydrogens (tertiary/aromatic N) is 1. The molecule has 0 amide bonds. The van der Waals surface area contributed by atoms with Gasteiger partial charge in [0.15, 0.2) is 0 Å². The largest absolute Gasteiger partial charge is 0.399 e. The number of sulfone groups is 1. The molecule has 1 atom stereocenters. The lowest BCUT2D eigenvalue weighted by molar-refractivity contribution is 0.354. The maximum absolute atomic E-state index is 11.2. The number of benzene rings is 1. The van der Waals surface area contributed by atoms with E-state index in [9.17, 15) is 8.42 Å². The van der Waals surface area contributed by atoms with Gasteiger partial charge in [0, 0.05) is 30.7 Å². The van der Waals surface area contributed by atoms with Crippen LogP contribution in [0.4, 0.5) is 11.4 Å². The third-order valence-electron chi connectivity index (χ3n) is 3.60. The molecule has 1 saturated heterocycles. The van der Waals surface area contributed by atoms with E-state index >= 15 is 0 Å². The van der Waals surface area contributed by atoms with Crippen LogP contribution in [-0.2, 0) is 9.84 Å². The summed E-state index contributed by atoms with van der Waals surface area (Å²) in [4.78, 5) is 2.17. The van der Waals surface area contributed by atoms with Crippen molar-refractivity contribution in [3.63, 3.8) is 0 Å². The van der Waals surface area contributed by atoms with Gasteiger partial charge in [0.2, 0.25) is 0 Å². The maximum atomic E-state index is 11.2. The molecule has 0 aromatic heterocycles.